The molecule has 0 aliphatic rings. The lowest BCUT2D eigenvalue weighted by Gasteiger charge is -2.22. The Hall–Kier alpha value is -0.830. The maximum absolute atomic E-state index is 11.3. The van der Waals surface area contributed by atoms with Crippen LogP contribution in [0.25, 0.3) is 0 Å². The van der Waals surface area contributed by atoms with Crippen molar-refractivity contribution in [2.24, 2.45) is 5.92 Å². The largest absolute Gasteiger partial charge is 0.358 e. The van der Waals surface area contributed by atoms with Crippen molar-refractivity contribution in [3.8, 4) is 0 Å². The minimum atomic E-state index is -0.209. The van der Waals surface area contributed by atoms with Gasteiger partial charge in [0, 0.05) is 12.2 Å². The van der Waals surface area contributed by atoms with Crippen molar-refractivity contribution in [1.82, 2.24) is 5.32 Å². The molecule has 0 aliphatic heterocycles. The second-order valence-electron chi connectivity index (χ2n) is 3.79. The van der Waals surface area contributed by atoms with E-state index in [9.17, 15) is 4.79 Å². The number of nitrogens with one attached hydrogen (secondary N) is 1. The number of carbonyl (C=O) groups excluding carboxylic acids is 1. The quantitative estimate of drug-likeness (QED) is 0.525. The van der Waals surface area contributed by atoms with E-state index in [0.29, 0.717) is 12.2 Å². The molecule has 0 rings (SSSR count). The zero-order valence-electron chi connectivity index (χ0n) is 9.59. The lowest BCUT2D eigenvalue weighted by molar-refractivity contribution is -0.123. The van der Waals surface area contributed by atoms with Gasteiger partial charge in [0.1, 0.15) is 6.23 Å². The van der Waals surface area contributed by atoms with Crippen molar-refractivity contribution in [2.75, 3.05) is 6.61 Å². The Kier molecular flexibility index (Phi) is 6.21. The average molecular weight is 199 g/mol. The van der Waals surface area contributed by atoms with Crippen molar-refractivity contribution in [2.45, 2.75) is 40.3 Å². The van der Waals surface area contributed by atoms with Gasteiger partial charge in [-0.3, -0.25) is 4.79 Å². The van der Waals surface area contributed by atoms with Crippen molar-refractivity contribution in [3.05, 3.63) is 12.2 Å². The molecular weight excluding hydrogens is 178 g/mol. The topological polar surface area (TPSA) is 38.3 Å². The molecule has 3 nitrogen and oxygen atoms in total. The molecule has 14 heavy (non-hydrogen) atoms. The molecule has 1 amide bonds. The van der Waals surface area contributed by atoms with Gasteiger partial charge in [0.15, 0.2) is 0 Å². The third-order valence-corrected chi connectivity index (χ3v) is 1.77. The number of carbonyl (C=O) groups is 1. The lowest BCUT2D eigenvalue weighted by Crippen LogP contribution is -2.41. The standard InChI is InChI=1S/C11H21NO2/c1-6-7-14-11(9(4)5)12-10(13)8(2)3/h9,11H,2,6-7H2,1,3-5H3,(H,12,13). The van der Waals surface area contributed by atoms with Gasteiger partial charge in [0.25, 0.3) is 0 Å². The first-order chi connectivity index (χ1) is 6.49. The number of hydrogen-bond acceptors (Lipinski definition) is 2. The van der Waals surface area contributed by atoms with Crippen molar-refractivity contribution < 1.29 is 9.53 Å². The van der Waals surface area contributed by atoms with Crippen LogP contribution in [0.4, 0.5) is 0 Å². The van der Waals surface area contributed by atoms with E-state index in [0.717, 1.165) is 6.42 Å². The second-order valence-corrected chi connectivity index (χ2v) is 3.79. The fourth-order valence-corrected chi connectivity index (χ4v) is 0.898. The van der Waals surface area contributed by atoms with Crippen LogP contribution in [0.3, 0.4) is 0 Å². The maximum atomic E-state index is 11.3. The van der Waals surface area contributed by atoms with E-state index in [1.165, 1.54) is 0 Å². The van der Waals surface area contributed by atoms with Crippen LogP contribution in [-0.2, 0) is 9.53 Å². The zero-order valence-corrected chi connectivity index (χ0v) is 9.59. The minimum absolute atomic E-state index is 0.139. The molecule has 0 aromatic rings. The summed E-state index contributed by atoms with van der Waals surface area (Å²) in [7, 11) is 0. The highest BCUT2D eigenvalue weighted by Crippen LogP contribution is 2.04. The highest BCUT2D eigenvalue weighted by atomic mass is 16.5. The van der Waals surface area contributed by atoms with Crippen LogP contribution in [-0.4, -0.2) is 18.7 Å². The second kappa shape index (κ2) is 6.60. The first-order valence-electron chi connectivity index (χ1n) is 5.07. The van der Waals surface area contributed by atoms with Crippen molar-refractivity contribution >= 4 is 5.91 Å². The molecule has 1 atom stereocenters. The normalized spacial score (nSPS) is 12.6. The predicted octanol–water partition coefficient (Wildman–Crippen LogP) is 2.09. The summed E-state index contributed by atoms with van der Waals surface area (Å²) in [6, 6.07) is 0. The molecule has 0 saturated heterocycles. The molecule has 3 heteroatoms. The van der Waals surface area contributed by atoms with Crippen molar-refractivity contribution in [3.63, 3.8) is 0 Å². The summed E-state index contributed by atoms with van der Waals surface area (Å²) in [5.74, 6) is 0.129. The maximum Gasteiger partial charge on any atom is 0.248 e. The summed E-state index contributed by atoms with van der Waals surface area (Å²) in [5, 5.41) is 2.79. The predicted molar refractivity (Wildman–Crippen MR) is 57.8 cm³/mol. The summed E-state index contributed by atoms with van der Waals surface area (Å²) >= 11 is 0. The van der Waals surface area contributed by atoms with E-state index in [2.05, 4.69) is 11.9 Å². The molecule has 0 fully saturated rings. The Balaban J connectivity index is 4.09. The molecule has 0 aromatic heterocycles. The van der Waals surface area contributed by atoms with Gasteiger partial charge in [0.05, 0.1) is 0 Å². The summed E-state index contributed by atoms with van der Waals surface area (Å²) in [4.78, 5) is 11.3. The van der Waals surface area contributed by atoms with Gasteiger partial charge < -0.3 is 10.1 Å². The summed E-state index contributed by atoms with van der Waals surface area (Å²) in [6.45, 7) is 12.0. The van der Waals surface area contributed by atoms with E-state index in [-0.39, 0.29) is 18.1 Å². The first-order valence-corrected chi connectivity index (χ1v) is 5.07. The third kappa shape index (κ3) is 5.02. The molecule has 0 heterocycles. The highest BCUT2D eigenvalue weighted by molar-refractivity contribution is 5.92. The lowest BCUT2D eigenvalue weighted by atomic mass is 10.2. The molecule has 0 radical (unpaired) electrons. The van der Waals surface area contributed by atoms with E-state index in [4.69, 9.17) is 4.74 Å². The Morgan fingerprint density at radius 3 is 2.43 bits per heavy atom. The van der Waals surface area contributed by atoms with Gasteiger partial charge >= 0.3 is 0 Å². The minimum Gasteiger partial charge on any atom is -0.358 e. The molecular formula is C11H21NO2. The van der Waals surface area contributed by atoms with Gasteiger partial charge in [-0.1, -0.05) is 27.4 Å². The average Bonchev–Trinajstić information content (AvgIpc) is 2.10. The van der Waals surface area contributed by atoms with E-state index >= 15 is 0 Å². The van der Waals surface area contributed by atoms with Gasteiger partial charge in [-0.15, -0.1) is 0 Å². The summed E-state index contributed by atoms with van der Waals surface area (Å²) in [5.41, 5.74) is 0.510. The number of ether oxygens (including phenoxy) is 1. The Morgan fingerprint density at radius 1 is 1.50 bits per heavy atom. The summed E-state index contributed by atoms with van der Waals surface area (Å²) in [6.07, 6.45) is 0.741. The fraction of sp³-hybridized carbons (Fsp3) is 0.727. The first kappa shape index (κ1) is 13.2. The molecule has 82 valence electrons. The van der Waals surface area contributed by atoms with Crippen LogP contribution < -0.4 is 5.32 Å². The molecule has 0 bridgehead atoms. The van der Waals surface area contributed by atoms with Gasteiger partial charge in [-0.25, -0.2) is 0 Å². The highest BCUT2D eigenvalue weighted by Gasteiger charge is 2.16. The van der Waals surface area contributed by atoms with Crippen LogP contribution in [0, 0.1) is 5.92 Å². The smallest absolute Gasteiger partial charge is 0.248 e. The molecule has 0 spiro atoms. The number of hydrogen-bond donors (Lipinski definition) is 1. The monoisotopic (exact) mass is 199 g/mol. The third-order valence-electron chi connectivity index (χ3n) is 1.77. The molecule has 1 N–H and O–H groups in total. The number of rotatable bonds is 6. The van der Waals surface area contributed by atoms with Crippen LogP contribution in [0.2, 0.25) is 0 Å². The van der Waals surface area contributed by atoms with Crippen LogP contribution in [0.15, 0.2) is 12.2 Å². The van der Waals surface area contributed by atoms with Gasteiger partial charge in [-0.2, -0.15) is 0 Å². The molecule has 0 saturated carbocycles. The SMILES string of the molecule is C=C(C)C(=O)NC(OCCC)C(C)C. The van der Waals surface area contributed by atoms with Crippen molar-refractivity contribution in [1.29, 1.82) is 0 Å². The van der Waals surface area contributed by atoms with Crippen LogP contribution in [0.1, 0.15) is 34.1 Å². The Bertz CT molecular complexity index is 199. The van der Waals surface area contributed by atoms with E-state index in [1.54, 1.807) is 6.92 Å². The zero-order chi connectivity index (χ0) is 11.1. The van der Waals surface area contributed by atoms with E-state index < -0.39 is 0 Å². The van der Waals surface area contributed by atoms with Crippen LogP contribution >= 0.6 is 0 Å². The van der Waals surface area contributed by atoms with Gasteiger partial charge in [0.2, 0.25) is 5.91 Å². The van der Waals surface area contributed by atoms with Crippen LogP contribution in [0.5, 0.6) is 0 Å². The Labute approximate surface area is 86.5 Å². The van der Waals surface area contributed by atoms with E-state index in [1.807, 2.05) is 20.8 Å². The Morgan fingerprint density at radius 2 is 2.07 bits per heavy atom. The molecule has 0 aromatic carbocycles. The fourth-order valence-electron chi connectivity index (χ4n) is 0.898. The summed E-state index contributed by atoms with van der Waals surface area (Å²) < 4.78 is 5.50. The molecule has 0 aliphatic carbocycles. The van der Waals surface area contributed by atoms with Gasteiger partial charge in [-0.05, 0) is 19.3 Å². The number of amides is 1. The molecule has 1 unspecified atom stereocenters.